The van der Waals surface area contributed by atoms with E-state index in [1.807, 2.05) is 0 Å². The summed E-state index contributed by atoms with van der Waals surface area (Å²) in [7, 11) is 1.53. The summed E-state index contributed by atoms with van der Waals surface area (Å²) in [5.74, 6) is 0.542. The Morgan fingerprint density at radius 1 is 1.77 bits per heavy atom. The number of hydrogen-bond donors (Lipinski definition) is 0. The van der Waals surface area contributed by atoms with Gasteiger partial charge in [-0.15, -0.1) is 0 Å². The quantitative estimate of drug-likeness (QED) is 0.601. The third kappa shape index (κ3) is 0.988. The van der Waals surface area contributed by atoms with E-state index < -0.39 is 0 Å². The number of allylic oxidation sites excluding steroid dienone is 3. The van der Waals surface area contributed by atoms with E-state index in [0.29, 0.717) is 5.76 Å². The summed E-state index contributed by atoms with van der Waals surface area (Å²) in [6.45, 7) is 0. The van der Waals surface area contributed by atoms with Crippen molar-refractivity contribution in [1.82, 2.24) is 0 Å². The van der Waals surface area contributed by atoms with Crippen molar-refractivity contribution in [3.05, 3.63) is 24.0 Å². The van der Waals surface area contributed by atoms with Crippen molar-refractivity contribution in [3.8, 4) is 6.07 Å². The maximum atomic E-state index is 11.0. The van der Waals surface area contributed by atoms with Gasteiger partial charge < -0.3 is 4.74 Å². The van der Waals surface area contributed by atoms with Crippen molar-refractivity contribution in [2.24, 2.45) is 11.3 Å². The number of carbonyl (C=O) groups excluding carboxylic acids is 1. The highest BCUT2D eigenvalue weighted by Gasteiger charge is 2.57. The highest BCUT2D eigenvalue weighted by atomic mass is 16.5. The molecule has 2 aliphatic carbocycles. The Morgan fingerprint density at radius 3 is 3.08 bits per heavy atom. The minimum absolute atomic E-state index is 0.0250. The van der Waals surface area contributed by atoms with Crippen LogP contribution in [0.3, 0.4) is 0 Å². The Labute approximate surface area is 76.3 Å². The zero-order valence-electron chi connectivity index (χ0n) is 7.28. The molecule has 0 aliphatic heterocycles. The predicted molar refractivity (Wildman–Crippen MR) is 45.4 cm³/mol. The van der Waals surface area contributed by atoms with Gasteiger partial charge in [-0.3, -0.25) is 4.79 Å². The first-order valence-electron chi connectivity index (χ1n) is 4.12. The summed E-state index contributed by atoms with van der Waals surface area (Å²) in [5.41, 5.74) is -0.280. The second-order valence-corrected chi connectivity index (χ2v) is 3.37. The monoisotopic (exact) mass is 175 g/mol. The molecular weight excluding hydrogens is 166 g/mol. The SMILES string of the molecule is COC1=CC(=O)C=CC12C[C@@H]2C#N. The van der Waals surface area contributed by atoms with E-state index in [-0.39, 0.29) is 17.1 Å². The lowest BCUT2D eigenvalue weighted by atomic mass is 9.95. The van der Waals surface area contributed by atoms with Gasteiger partial charge in [0.2, 0.25) is 0 Å². The number of nitriles is 1. The Kier molecular flexibility index (Phi) is 1.53. The molecule has 1 spiro atoms. The van der Waals surface area contributed by atoms with Crippen molar-refractivity contribution >= 4 is 5.78 Å². The molecule has 3 nitrogen and oxygen atoms in total. The third-order valence-electron chi connectivity index (χ3n) is 2.66. The van der Waals surface area contributed by atoms with Crippen LogP contribution in [-0.4, -0.2) is 12.9 Å². The molecule has 66 valence electrons. The molecule has 0 aromatic carbocycles. The smallest absolute Gasteiger partial charge is 0.181 e. The average molecular weight is 175 g/mol. The Morgan fingerprint density at radius 2 is 2.54 bits per heavy atom. The molecule has 0 radical (unpaired) electrons. The van der Waals surface area contributed by atoms with Crippen molar-refractivity contribution in [2.75, 3.05) is 7.11 Å². The van der Waals surface area contributed by atoms with Gasteiger partial charge in [-0.25, -0.2) is 0 Å². The maximum Gasteiger partial charge on any atom is 0.181 e. The van der Waals surface area contributed by atoms with Crippen molar-refractivity contribution < 1.29 is 9.53 Å². The normalized spacial score (nSPS) is 35.5. The molecule has 1 fully saturated rings. The fourth-order valence-corrected chi connectivity index (χ4v) is 1.77. The number of ketones is 1. The van der Waals surface area contributed by atoms with Crippen LogP contribution in [0.1, 0.15) is 6.42 Å². The molecule has 0 amide bonds. The van der Waals surface area contributed by atoms with Gasteiger partial charge in [-0.1, -0.05) is 6.08 Å². The van der Waals surface area contributed by atoms with Gasteiger partial charge in [0, 0.05) is 6.08 Å². The molecule has 0 aromatic rings. The first kappa shape index (κ1) is 8.06. The average Bonchev–Trinajstić information content (AvgIpc) is 2.85. The van der Waals surface area contributed by atoms with Gasteiger partial charge in [-0.05, 0) is 12.5 Å². The summed E-state index contributed by atoms with van der Waals surface area (Å²) in [4.78, 5) is 11.0. The highest BCUT2D eigenvalue weighted by molar-refractivity contribution is 6.01. The van der Waals surface area contributed by atoms with Gasteiger partial charge in [0.1, 0.15) is 5.76 Å². The lowest BCUT2D eigenvalue weighted by molar-refractivity contribution is -0.110. The molecule has 0 saturated heterocycles. The molecule has 0 heterocycles. The van der Waals surface area contributed by atoms with Gasteiger partial charge in [0.15, 0.2) is 5.78 Å². The van der Waals surface area contributed by atoms with Crippen LogP contribution >= 0.6 is 0 Å². The first-order chi connectivity index (χ1) is 6.23. The largest absolute Gasteiger partial charge is 0.500 e. The van der Waals surface area contributed by atoms with Crippen LogP contribution in [0.15, 0.2) is 24.0 Å². The van der Waals surface area contributed by atoms with E-state index in [0.717, 1.165) is 6.42 Å². The number of rotatable bonds is 1. The Hall–Kier alpha value is -1.56. The van der Waals surface area contributed by atoms with Gasteiger partial charge in [-0.2, -0.15) is 5.26 Å². The topological polar surface area (TPSA) is 50.1 Å². The maximum absolute atomic E-state index is 11.0. The number of ether oxygens (including phenoxy) is 1. The molecule has 0 N–H and O–H groups in total. The minimum Gasteiger partial charge on any atom is -0.500 e. The molecule has 0 aromatic heterocycles. The van der Waals surface area contributed by atoms with Crippen molar-refractivity contribution in [2.45, 2.75) is 6.42 Å². The van der Waals surface area contributed by atoms with Crippen LogP contribution in [0, 0.1) is 22.7 Å². The van der Waals surface area contributed by atoms with E-state index in [9.17, 15) is 4.79 Å². The van der Waals surface area contributed by atoms with Gasteiger partial charge in [0.25, 0.3) is 0 Å². The lowest BCUT2D eigenvalue weighted by Gasteiger charge is -2.16. The predicted octanol–water partition coefficient (Wildman–Crippen LogP) is 1.19. The van der Waals surface area contributed by atoms with Crippen LogP contribution in [0.4, 0.5) is 0 Å². The Bertz CT molecular complexity index is 362. The molecule has 13 heavy (non-hydrogen) atoms. The zero-order valence-corrected chi connectivity index (χ0v) is 7.28. The molecular formula is C10H9NO2. The van der Waals surface area contributed by atoms with Crippen LogP contribution in [0.25, 0.3) is 0 Å². The van der Waals surface area contributed by atoms with Gasteiger partial charge in [0.05, 0.1) is 24.5 Å². The van der Waals surface area contributed by atoms with Crippen molar-refractivity contribution in [1.29, 1.82) is 5.26 Å². The molecule has 0 bridgehead atoms. The molecule has 1 unspecified atom stereocenters. The highest BCUT2D eigenvalue weighted by Crippen LogP contribution is 2.59. The van der Waals surface area contributed by atoms with Crippen LogP contribution < -0.4 is 0 Å². The second-order valence-electron chi connectivity index (χ2n) is 3.37. The van der Waals surface area contributed by atoms with Crippen LogP contribution in [0.2, 0.25) is 0 Å². The molecule has 3 heteroatoms. The Balaban J connectivity index is 2.33. The summed E-state index contributed by atoms with van der Waals surface area (Å²) in [5, 5.41) is 8.75. The molecule has 1 saturated carbocycles. The van der Waals surface area contributed by atoms with E-state index in [1.54, 1.807) is 6.08 Å². The fourth-order valence-electron chi connectivity index (χ4n) is 1.77. The van der Waals surface area contributed by atoms with Crippen LogP contribution in [0.5, 0.6) is 0 Å². The minimum atomic E-state index is -0.280. The summed E-state index contributed by atoms with van der Waals surface area (Å²) < 4.78 is 5.11. The lowest BCUT2D eigenvalue weighted by Crippen LogP contribution is -2.12. The number of nitrogens with zero attached hydrogens (tertiary/aromatic N) is 1. The summed E-state index contributed by atoms with van der Waals surface area (Å²) >= 11 is 0. The zero-order chi connectivity index (χ0) is 9.47. The van der Waals surface area contributed by atoms with E-state index in [2.05, 4.69) is 6.07 Å². The summed E-state index contributed by atoms with van der Waals surface area (Å²) in [6.07, 6.45) is 5.55. The first-order valence-corrected chi connectivity index (χ1v) is 4.12. The molecule has 2 atom stereocenters. The second kappa shape index (κ2) is 2.46. The van der Waals surface area contributed by atoms with E-state index in [1.165, 1.54) is 19.3 Å². The van der Waals surface area contributed by atoms with Gasteiger partial charge >= 0.3 is 0 Å². The van der Waals surface area contributed by atoms with E-state index >= 15 is 0 Å². The molecule has 2 aliphatic rings. The summed E-state index contributed by atoms with van der Waals surface area (Å²) in [6, 6.07) is 2.20. The molecule has 2 rings (SSSR count). The number of hydrogen-bond acceptors (Lipinski definition) is 3. The number of methoxy groups -OCH3 is 1. The van der Waals surface area contributed by atoms with Crippen molar-refractivity contribution in [3.63, 3.8) is 0 Å². The third-order valence-corrected chi connectivity index (χ3v) is 2.66. The fraction of sp³-hybridized carbons (Fsp3) is 0.400. The van der Waals surface area contributed by atoms with E-state index in [4.69, 9.17) is 10.00 Å². The van der Waals surface area contributed by atoms with Crippen LogP contribution in [-0.2, 0) is 9.53 Å². The standard InChI is InChI=1S/C10H9NO2/c1-13-9-4-8(12)2-3-10(9)5-7(10)6-11/h2-4,7H,5H2,1H3/t7-,10?/m1/s1. The number of carbonyl (C=O) groups is 1.